The fraction of sp³-hybridized carbons (Fsp3) is 0.303. The number of ether oxygens (including phenoxy) is 1. The molecule has 1 aliphatic rings. The first-order valence-corrected chi connectivity index (χ1v) is 15.5. The van der Waals surface area contributed by atoms with Gasteiger partial charge in [0.05, 0.1) is 5.69 Å². The highest BCUT2D eigenvalue weighted by Crippen LogP contribution is 2.33. The van der Waals surface area contributed by atoms with E-state index in [4.69, 9.17) is 0 Å². The van der Waals surface area contributed by atoms with Crippen LogP contribution in [0.5, 0.6) is 5.75 Å². The molecule has 234 valence electrons. The standard InChI is InChI=1S/C33H33F3N6O2S/c1-21(2)28-15-6-22(3)18-29(28)41-16-5-17-45-32(41)39-31(43)37-19-23(4)24-7-9-25(10-8-24)30-38-20-42(40-30)26-11-13-27(14-12-26)44-33(34,35)36/h6-15,18-21,23H,5,16-17H2,1-4H3. The summed E-state index contributed by atoms with van der Waals surface area (Å²) in [7, 11) is 0. The van der Waals surface area contributed by atoms with Gasteiger partial charge in [-0.3, -0.25) is 0 Å². The van der Waals surface area contributed by atoms with Crippen molar-refractivity contribution < 1.29 is 22.7 Å². The number of carbonyl (C=O) groups is 1. The van der Waals surface area contributed by atoms with Crippen molar-refractivity contribution in [3.05, 3.63) is 89.7 Å². The topological polar surface area (TPSA) is 85.0 Å². The minimum Gasteiger partial charge on any atom is -0.406 e. The molecular weight excluding hydrogens is 601 g/mol. The second-order valence-electron chi connectivity index (χ2n) is 11.0. The maximum absolute atomic E-state index is 12.8. The monoisotopic (exact) mass is 634 g/mol. The normalized spacial score (nSPS) is 15.6. The second kappa shape index (κ2) is 13.7. The lowest BCUT2D eigenvalue weighted by atomic mass is 9.98. The number of aromatic nitrogens is 3. The molecule has 2 amide bonds. The molecule has 0 saturated carbocycles. The van der Waals surface area contributed by atoms with Crippen molar-refractivity contribution in [2.45, 2.75) is 52.3 Å². The van der Waals surface area contributed by atoms with Crippen molar-refractivity contribution in [1.29, 1.82) is 0 Å². The number of anilines is 1. The maximum Gasteiger partial charge on any atom is 0.573 e. The number of halogens is 3. The lowest BCUT2D eigenvalue weighted by Crippen LogP contribution is -2.35. The van der Waals surface area contributed by atoms with Crippen molar-refractivity contribution in [3.8, 4) is 22.8 Å². The van der Waals surface area contributed by atoms with E-state index in [-0.39, 0.29) is 11.7 Å². The Morgan fingerprint density at radius 1 is 1.04 bits per heavy atom. The zero-order chi connectivity index (χ0) is 32.1. The smallest absolute Gasteiger partial charge is 0.406 e. The van der Waals surface area contributed by atoms with Crippen molar-refractivity contribution in [1.82, 2.24) is 14.8 Å². The molecule has 1 unspecified atom stereocenters. The number of amides is 2. The molecule has 1 fully saturated rings. The van der Waals surface area contributed by atoms with Gasteiger partial charge in [-0.25, -0.2) is 19.5 Å². The third kappa shape index (κ3) is 8.18. The van der Waals surface area contributed by atoms with Crippen LogP contribution in [-0.2, 0) is 0 Å². The molecule has 1 aromatic heterocycles. The van der Waals surface area contributed by atoms with Gasteiger partial charge in [-0.1, -0.05) is 68.9 Å². The van der Waals surface area contributed by atoms with Gasteiger partial charge in [0.2, 0.25) is 0 Å². The molecule has 45 heavy (non-hydrogen) atoms. The molecule has 4 aromatic rings. The number of urea groups is 1. The van der Waals surface area contributed by atoms with E-state index < -0.39 is 12.4 Å². The summed E-state index contributed by atoms with van der Waals surface area (Å²) in [6.45, 7) is 9.14. The molecule has 1 saturated heterocycles. The first-order chi connectivity index (χ1) is 21.5. The van der Waals surface area contributed by atoms with E-state index >= 15 is 0 Å². The molecule has 8 nitrogen and oxygen atoms in total. The third-order valence-corrected chi connectivity index (χ3v) is 8.27. The van der Waals surface area contributed by atoms with Gasteiger partial charge < -0.3 is 9.64 Å². The molecule has 5 rings (SSSR count). The Hall–Kier alpha value is -4.45. The number of thioether (sulfide) groups is 1. The van der Waals surface area contributed by atoms with Gasteiger partial charge in [-0.2, -0.15) is 4.99 Å². The zero-order valence-corrected chi connectivity index (χ0v) is 26.1. The number of carbonyl (C=O) groups excluding carboxylic acids is 1. The fourth-order valence-electron chi connectivity index (χ4n) is 4.88. The summed E-state index contributed by atoms with van der Waals surface area (Å²) in [5, 5.41) is 5.11. The van der Waals surface area contributed by atoms with Crippen LogP contribution in [-0.4, -0.2) is 50.8 Å². The zero-order valence-electron chi connectivity index (χ0n) is 25.3. The van der Waals surface area contributed by atoms with E-state index in [1.807, 2.05) is 31.2 Å². The summed E-state index contributed by atoms with van der Waals surface area (Å²) in [6, 6.07) is 18.8. The van der Waals surface area contributed by atoms with Crippen LogP contribution in [0.1, 0.15) is 55.7 Å². The minimum atomic E-state index is -4.75. The summed E-state index contributed by atoms with van der Waals surface area (Å²) in [4.78, 5) is 27.8. The number of amidine groups is 1. The summed E-state index contributed by atoms with van der Waals surface area (Å²) in [5.41, 5.74) is 5.70. The molecule has 0 aliphatic carbocycles. The van der Waals surface area contributed by atoms with E-state index in [2.05, 4.69) is 68.7 Å². The molecular formula is C33H33F3N6O2S. The summed E-state index contributed by atoms with van der Waals surface area (Å²) in [6.07, 6.45) is -0.662. The van der Waals surface area contributed by atoms with Gasteiger partial charge in [0.25, 0.3) is 0 Å². The van der Waals surface area contributed by atoms with Crippen LogP contribution >= 0.6 is 11.8 Å². The summed E-state index contributed by atoms with van der Waals surface area (Å²) >= 11 is 1.57. The van der Waals surface area contributed by atoms with Gasteiger partial charge in [0.1, 0.15) is 12.1 Å². The highest BCUT2D eigenvalue weighted by atomic mass is 32.2. The first kappa shape index (κ1) is 32.0. The molecule has 1 atom stereocenters. The number of aliphatic imine (C=N–C) groups is 2. The van der Waals surface area contributed by atoms with Crippen LogP contribution in [0, 0.1) is 6.92 Å². The van der Waals surface area contributed by atoms with Gasteiger partial charge in [0.15, 0.2) is 11.0 Å². The van der Waals surface area contributed by atoms with Crippen molar-refractivity contribution in [2.75, 3.05) is 17.2 Å². The SMILES string of the molecule is Cc1ccc(C(C)C)c(N2CCCSC2=NC(=O)N=CC(C)c2ccc(-c3ncn(-c4ccc(OC(F)(F)F)cc4)n3)cc2)c1. The van der Waals surface area contributed by atoms with Crippen LogP contribution in [0.3, 0.4) is 0 Å². The fourth-order valence-corrected chi connectivity index (χ4v) is 5.82. The van der Waals surface area contributed by atoms with E-state index in [0.29, 0.717) is 22.6 Å². The van der Waals surface area contributed by atoms with E-state index in [0.717, 1.165) is 41.1 Å². The molecule has 0 N–H and O–H groups in total. The van der Waals surface area contributed by atoms with Crippen LogP contribution < -0.4 is 9.64 Å². The summed E-state index contributed by atoms with van der Waals surface area (Å²) in [5.74, 6) is 1.22. The quantitative estimate of drug-likeness (QED) is 0.189. The van der Waals surface area contributed by atoms with Crippen LogP contribution in [0.15, 0.2) is 83.0 Å². The second-order valence-corrected chi connectivity index (χ2v) is 12.1. The number of benzene rings is 3. The van der Waals surface area contributed by atoms with Crippen LogP contribution in [0.4, 0.5) is 23.7 Å². The largest absolute Gasteiger partial charge is 0.573 e. The molecule has 0 radical (unpaired) electrons. The van der Waals surface area contributed by atoms with Crippen molar-refractivity contribution in [3.63, 3.8) is 0 Å². The highest BCUT2D eigenvalue weighted by molar-refractivity contribution is 8.14. The van der Waals surface area contributed by atoms with E-state index in [1.165, 1.54) is 40.8 Å². The predicted octanol–water partition coefficient (Wildman–Crippen LogP) is 8.56. The molecule has 0 bridgehead atoms. The van der Waals surface area contributed by atoms with Crippen LogP contribution in [0.2, 0.25) is 0 Å². The van der Waals surface area contributed by atoms with E-state index in [1.54, 1.807) is 18.0 Å². The Balaban J connectivity index is 1.24. The first-order valence-electron chi connectivity index (χ1n) is 14.5. The van der Waals surface area contributed by atoms with Crippen molar-refractivity contribution >= 4 is 34.9 Å². The number of hydrogen-bond acceptors (Lipinski definition) is 5. The third-order valence-electron chi connectivity index (χ3n) is 7.21. The minimum absolute atomic E-state index is 0.148. The average Bonchev–Trinajstić information content (AvgIpc) is 3.50. The maximum atomic E-state index is 12.8. The number of alkyl halides is 3. The lowest BCUT2D eigenvalue weighted by Gasteiger charge is -2.32. The molecule has 12 heteroatoms. The molecule has 1 aliphatic heterocycles. The molecule has 2 heterocycles. The number of rotatable bonds is 7. The Kier molecular flexibility index (Phi) is 9.71. The van der Waals surface area contributed by atoms with E-state index in [9.17, 15) is 18.0 Å². The van der Waals surface area contributed by atoms with Gasteiger partial charge in [0, 0.05) is 35.7 Å². The number of aryl methyl sites for hydroxylation is 1. The Morgan fingerprint density at radius 3 is 2.47 bits per heavy atom. The number of hydrogen-bond donors (Lipinski definition) is 0. The molecule has 3 aromatic carbocycles. The highest BCUT2D eigenvalue weighted by Gasteiger charge is 2.31. The van der Waals surface area contributed by atoms with Crippen molar-refractivity contribution in [2.24, 2.45) is 9.98 Å². The van der Waals surface area contributed by atoms with Gasteiger partial charge in [-0.05, 0) is 66.3 Å². The predicted molar refractivity (Wildman–Crippen MR) is 173 cm³/mol. The Bertz CT molecular complexity index is 1700. The Labute approximate surface area is 264 Å². The van der Waals surface area contributed by atoms with Gasteiger partial charge in [-0.15, -0.1) is 18.3 Å². The molecule has 0 spiro atoms. The number of nitrogens with zero attached hydrogens (tertiary/aromatic N) is 6. The van der Waals surface area contributed by atoms with Gasteiger partial charge >= 0.3 is 12.4 Å². The summed E-state index contributed by atoms with van der Waals surface area (Å²) < 4.78 is 42.7. The lowest BCUT2D eigenvalue weighted by molar-refractivity contribution is -0.274. The van der Waals surface area contributed by atoms with Crippen LogP contribution in [0.25, 0.3) is 17.1 Å². The Morgan fingerprint density at radius 2 is 1.78 bits per heavy atom. The average molecular weight is 635 g/mol.